The summed E-state index contributed by atoms with van der Waals surface area (Å²) in [4.78, 5) is 25.3. The normalized spacial score (nSPS) is 15.0. The van der Waals surface area contributed by atoms with Crippen LogP contribution >= 0.6 is 0 Å². The molecule has 1 heterocycles. The van der Waals surface area contributed by atoms with E-state index in [0.29, 0.717) is 6.61 Å². The average molecular weight is 407 g/mol. The number of esters is 1. The standard InChI is InChI=1S/C19H22F5NO3/c1-2-3-4-5-10-28-19(27)11-6-8-25(9-7-11)18(26)12-13(20)15(22)17(24)16(23)14(12)21/h11H,2-10H2,1H3. The van der Waals surface area contributed by atoms with Gasteiger partial charge in [-0.2, -0.15) is 0 Å². The Balaban J connectivity index is 1.95. The summed E-state index contributed by atoms with van der Waals surface area (Å²) in [6, 6.07) is 0. The molecule has 0 N–H and O–H groups in total. The van der Waals surface area contributed by atoms with Crippen LogP contribution in [0.25, 0.3) is 0 Å². The predicted molar refractivity (Wildman–Crippen MR) is 90.0 cm³/mol. The van der Waals surface area contributed by atoms with E-state index in [-0.39, 0.29) is 25.9 Å². The van der Waals surface area contributed by atoms with Gasteiger partial charge in [0, 0.05) is 13.1 Å². The molecule has 0 spiro atoms. The first kappa shape index (κ1) is 22.1. The minimum Gasteiger partial charge on any atom is -0.465 e. The number of hydrogen-bond donors (Lipinski definition) is 0. The average Bonchev–Trinajstić information content (AvgIpc) is 2.70. The summed E-state index contributed by atoms with van der Waals surface area (Å²) < 4.78 is 72.5. The number of unbranched alkanes of at least 4 members (excludes halogenated alkanes) is 3. The number of rotatable bonds is 7. The number of amides is 1. The summed E-state index contributed by atoms with van der Waals surface area (Å²) in [5, 5.41) is 0. The van der Waals surface area contributed by atoms with Crippen LogP contribution in [0.5, 0.6) is 0 Å². The second-order valence-corrected chi connectivity index (χ2v) is 6.74. The van der Waals surface area contributed by atoms with Crippen LogP contribution in [0.4, 0.5) is 22.0 Å². The highest BCUT2D eigenvalue weighted by atomic mass is 19.2. The zero-order valence-corrected chi connectivity index (χ0v) is 15.5. The number of halogens is 5. The van der Waals surface area contributed by atoms with Crippen LogP contribution in [0, 0.1) is 35.0 Å². The maximum atomic E-state index is 13.8. The Kier molecular flexibility index (Phi) is 7.77. The van der Waals surface area contributed by atoms with Crippen molar-refractivity contribution in [3.05, 3.63) is 34.6 Å². The highest BCUT2D eigenvalue weighted by molar-refractivity contribution is 5.95. The molecule has 9 heteroatoms. The summed E-state index contributed by atoms with van der Waals surface area (Å²) >= 11 is 0. The molecule has 1 aliphatic heterocycles. The monoisotopic (exact) mass is 407 g/mol. The quantitative estimate of drug-likeness (QED) is 0.222. The zero-order chi connectivity index (χ0) is 20.8. The van der Waals surface area contributed by atoms with E-state index in [4.69, 9.17) is 4.74 Å². The number of piperidine rings is 1. The number of ether oxygens (including phenoxy) is 1. The first-order valence-corrected chi connectivity index (χ1v) is 9.26. The Morgan fingerprint density at radius 2 is 1.43 bits per heavy atom. The molecule has 156 valence electrons. The predicted octanol–water partition coefficient (Wildman–Crippen LogP) is 4.36. The fourth-order valence-electron chi connectivity index (χ4n) is 3.09. The van der Waals surface area contributed by atoms with Crippen LogP contribution < -0.4 is 0 Å². The van der Waals surface area contributed by atoms with E-state index in [1.54, 1.807) is 0 Å². The number of benzene rings is 1. The van der Waals surface area contributed by atoms with Crippen molar-refractivity contribution in [2.24, 2.45) is 5.92 Å². The molecule has 1 amide bonds. The molecule has 1 aromatic rings. The summed E-state index contributed by atoms with van der Waals surface area (Å²) in [6.45, 7) is 2.28. The van der Waals surface area contributed by atoms with E-state index in [1.807, 2.05) is 0 Å². The number of hydrogen-bond acceptors (Lipinski definition) is 3. The summed E-state index contributed by atoms with van der Waals surface area (Å²) in [6.07, 6.45) is 4.21. The Hall–Kier alpha value is -2.19. The minimum atomic E-state index is -2.31. The first-order chi connectivity index (χ1) is 13.3. The fourth-order valence-corrected chi connectivity index (χ4v) is 3.09. The molecule has 0 saturated carbocycles. The van der Waals surface area contributed by atoms with Gasteiger partial charge < -0.3 is 9.64 Å². The van der Waals surface area contributed by atoms with Gasteiger partial charge in [-0.25, -0.2) is 22.0 Å². The lowest BCUT2D eigenvalue weighted by molar-refractivity contribution is -0.150. The maximum absolute atomic E-state index is 13.8. The largest absolute Gasteiger partial charge is 0.465 e. The zero-order valence-electron chi connectivity index (χ0n) is 15.5. The molecule has 1 saturated heterocycles. The van der Waals surface area contributed by atoms with Crippen molar-refractivity contribution in [2.75, 3.05) is 19.7 Å². The lowest BCUT2D eigenvalue weighted by Crippen LogP contribution is -2.41. The van der Waals surface area contributed by atoms with Gasteiger partial charge in [-0.15, -0.1) is 0 Å². The molecule has 1 aliphatic rings. The van der Waals surface area contributed by atoms with E-state index in [1.165, 1.54) is 0 Å². The molecule has 0 bridgehead atoms. The Bertz CT molecular complexity index is 704. The molecule has 0 radical (unpaired) electrons. The second kappa shape index (κ2) is 9.84. The lowest BCUT2D eigenvalue weighted by Gasteiger charge is -2.31. The summed E-state index contributed by atoms with van der Waals surface area (Å²) in [7, 11) is 0. The molecular formula is C19H22F5NO3. The first-order valence-electron chi connectivity index (χ1n) is 9.26. The van der Waals surface area contributed by atoms with Gasteiger partial charge in [0.25, 0.3) is 5.91 Å². The molecule has 1 aromatic carbocycles. The van der Waals surface area contributed by atoms with Crippen LogP contribution in [0.1, 0.15) is 55.8 Å². The van der Waals surface area contributed by atoms with Crippen LogP contribution in [0.3, 0.4) is 0 Å². The van der Waals surface area contributed by atoms with Crippen molar-refractivity contribution in [1.29, 1.82) is 0 Å². The molecule has 4 nitrogen and oxygen atoms in total. The van der Waals surface area contributed by atoms with E-state index >= 15 is 0 Å². The van der Waals surface area contributed by atoms with Crippen LogP contribution in [-0.4, -0.2) is 36.5 Å². The third kappa shape index (κ3) is 4.80. The summed E-state index contributed by atoms with van der Waals surface area (Å²) in [5.41, 5.74) is -1.48. The van der Waals surface area contributed by atoms with Gasteiger partial charge in [-0.1, -0.05) is 26.2 Å². The van der Waals surface area contributed by atoms with Gasteiger partial charge in [-0.3, -0.25) is 9.59 Å². The minimum absolute atomic E-state index is 0.0477. The summed E-state index contributed by atoms with van der Waals surface area (Å²) in [5.74, 6) is -13.1. The molecule has 0 aromatic heterocycles. The third-order valence-electron chi connectivity index (χ3n) is 4.78. The highest BCUT2D eigenvalue weighted by Gasteiger charge is 2.34. The lowest BCUT2D eigenvalue weighted by atomic mass is 9.96. The van der Waals surface area contributed by atoms with Crippen LogP contribution in [0.2, 0.25) is 0 Å². The van der Waals surface area contributed by atoms with Gasteiger partial charge in [0.2, 0.25) is 5.82 Å². The number of carbonyl (C=O) groups is 2. The third-order valence-corrected chi connectivity index (χ3v) is 4.78. The van der Waals surface area contributed by atoms with E-state index in [9.17, 15) is 31.5 Å². The molecule has 2 rings (SSSR count). The molecular weight excluding hydrogens is 385 g/mol. The topological polar surface area (TPSA) is 46.6 Å². The van der Waals surface area contributed by atoms with Crippen molar-refractivity contribution in [3.63, 3.8) is 0 Å². The van der Waals surface area contributed by atoms with Gasteiger partial charge >= 0.3 is 5.97 Å². The SMILES string of the molecule is CCCCCCOC(=O)C1CCN(C(=O)c2c(F)c(F)c(F)c(F)c2F)CC1. The number of nitrogens with zero attached hydrogens (tertiary/aromatic N) is 1. The molecule has 28 heavy (non-hydrogen) atoms. The van der Waals surface area contributed by atoms with Crippen LogP contribution in [0.15, 0.2) is 0 Å². The molecule has 0 aliphatic carbocycles. The van der Waals surface area contributed by atoms with Crippen molar-refractivity contribution in [2.45, 2.75) is 45.4 Å². The van der Waals surface area contributed by atoms with E-state index in [0.717, 1.165) is 30.6 Å². The number of carbonyl (C=O) groups excluding carboxylic acids is 2. The van der Waals surface area contributed by atoms with Crippen molar-refractivity contribution in [1.82, 2.24) is 4.90 Å². The Morgan fingerprint density at radius 1 is 0.893 bits per heavy atom. The van der Waals surface area contributed by atoms with Crippen LogP contribution in [-0.2, 0) is 9.53 Å². The van der Waals surface area contributed by atoms with E-state index < -0.39 is 52.4 Å². The molecule has 0 unspecified atom stereocenters. The van der Waals surface area contributed by atoms with Crippen molar-refractivity contribution < 1.29 is 36.3 Å². The number of likely N-dealkylation sites (tertiary alicyclic amines) is 1. The fraction of sp³-hybridized carbons (Fsp3) is 0.579. The smallest absolute Gasteiger partial charge is 0.309 e. The highest BCUT2D eigenvalue weighted by Crippen LogP contribution is 2.26. The van der Waals surface area contributed by atoms with Crippen molar-refractivity contribution >= 4 is 11.9 Å². The van der Waals surface area contributed by atoms with Gasteiger partial charge in [0.1, 0.15) is 5.56 Å². The Morgan fingerprint density at radius 3 is 1.96 bits per heavy atom. The Labute approximate surface area is 159 Å². The second-order valence-electron chi connectivity index (χ2n) is 6.74. The van der Waals surface area contributed by atoms with E-state index in [2.05, 4.69) is 6.92 Å². The van der Waals surface area contributed by atoms with Gasteiger partial charge in [0.05, 0.1) is 12.5 Å². The molecule has 0 atom stereocenters. The molecule has 1 fully saturated rings. The van der Waals surface area contributed by atoms with Gasteiger partial charge in [-0.05, 0) is 19.3 Å². The van der Waals surface area contributed by atoms with Gasteiger partial charge in [0.15, 0.2) is 23.3 Å². The van der Waals surface area contributed by atoms with Crippen molar-refractivity contribution in [3.8, 4) is 0 Å². The maximum Gasteiger partial charge on any atom is 0.309 e.